The molecule has 160 valence electrons. The zero-order valence-electron chi connectivity index (χ0n) is 17.3. The van der Waals surface area contributed by atoms with Gasteiger partial charge in [-0.3, -0.25) is 10.1 Å². The Kier molecular flexibility index (Phi) is 5.25. The van der Waals surface area contributed by atoms with Crippen molar-refractivity contribution in [3.05, 3.63) is 75.8 Å². The molecule has 0 amide bonds. The van der Waals surface area contributed by atoms with Crippen LogP contribution in [0.2, 0.25) is 0 Å². The van der Waals surface area contributed by atoms with Crippen molar-refractivity contribution >= 4 is 17.5 Å². The molecular weight excluding hydrogens is 394 g/mol. The molecule has 0 bridgehead atoms. The third-order valence-electron chi connectivity index (χ3n) is 6.59. The highest BCUT2D eigenvalue weighted by Crippen LogP contribution is 2.44. The van der Waals surface area contributed by atoms with Gasteiger partial charge in [0.25, 0.3) is 5.69 Å². The van der Waals surface area contributed by atoms with E-state index in [0.717, 1.165) is 38.0 Å². The van der Waals surface area contributed by atoms with Crippen molar-refractivity contribution in [2.45, 2.75) is 31.0 Å². The molecule has 2 heterocycles. The molecule has 1 N–H and O–H groups in total. The van der Waals surface area contributed by atoms with Crippen LogP contribution in [0.25, 0.3) is 6.08 Å². The summed E-state index contributed by atoms with van der Waals surface area (Å²) in [5.41, 5.74) is 2.95. The van der Waals surface area contributed by atoms with Crippen LogP contribution in [-0.4, -0.2) is 42.9 Å². The van der Waals surface area contributed by atoms with Gasteiger partial charge in [-0.2, -0.15) is 10.1 Å². The van der Waals surface area contributed by atoms with Crippen molar-refractivity contribution < 1.29 is 14.6 Å². The third kappa shape index (κ3) is 3.41. The summed E-state index contributed by atoms with van der Waals surface area (Å²) in [5, 5.41) is 22.6. The van der Waals surface area contributed by atoms with Gasteiger partial charge in [-0.05, 0) is 43.0 Å². The number of ether oxygens (including phenoxy) is 1. The SMILES string of the molecule is O=[N+]([O-])c1ccc(N2N=N[C@H]3CCC/C(=C\c4ccccc4)[C@@]32[NH+]2CCOCC2)cc1. The van der Waals surface area contributed by atoms with Gasteiger partial charge in [0.05, 0.1) is 23.8 Å². The second-order valence-electron chi connectivity index (χ2n) is 8.26. The molecule has 2 fully saturated rings. The highest BCUT2D eigenvalue weighted by molar-refractivity contribution is 5.61. The smallest absolute Gasteiger partial charge is 0.269 e. The van der Waals surface area contributed by atoms with E-state index in [9.17, 15) is 10.1 Å². The number of hydrogen-bond donors (Lipinski definition) is 1. The average Bonchev–Trinajstić information content (AvgIpc) is 3.22. The summed E-state index contributed by atoms with van der Waals surface area (Å²) in [6.07, 6.45) is 5.32. The van der Waals surface area contributed by atoms with E-state index in [-0.39, 0.29) is 16.7 Å². The second-order valence-corrected chi connectivity index (χ2v) is 8.26. The van der Waals surface area contributed by atoms with E-state index in [0.29, 0.717) is 13.2 Å². The summed E-state index contributed by atoms with van der Waals surface area (Å²) in [5.74, 6) is 0. The summed E-state index contributed by atoms with van der Waals surface area (Å²) >= 11 is 0. The van der Waals surface area contributed by atoms with Crippen molar-refractivity contribution in [1.82, 2.24) is 0 Å². The maximum absolute atomic E-state index is 11.2. The normalized spacial score (nSPS) is 27.4. The lowest BCUT2D eigenvalue weighted by Crippen LogP contribution is -3.25. The van der Waals surface area contributed by atoms with Gasteiger partial charge >= 0.3 is 0 Å². The fourth-order valence-corrected chi connectivity index (χ4v) is 5.22. The molecule has 31 heavy (non-hydrogen) atoms. The Morgan fingerprint density at radius 3 is 2.58 bits per heavy atom. The van der Waals surface area contributed by atoms with E-state index >= 15 is 0 Å². The van der Waals surface area contributed by atoms with Gasteiger partial charge in [0.1, 0.15) is 13.1 Å². The maximum Gasteiger partial charge on any atom is 0.269 e. The lowest BCUT2D eigenvalue weighted by Gasteiger charge is -2.49. The molecule has 0 radical (unpaired) electrons. The summed E-state index contributed by atoms with van der Waals surface area (Å²) in [7, 11) is 0. The third-order valence-corrected chi connectivity index (χ3v) is 6.59. The van der Waals surface area contributed by atoms with Gasteiger partial charge in [0.2, 0.25) is 5.66 Å². The zero-order valence-corrected chi connectivity index (χ0v) is 17.3. The number of quaternary nitrogens is 1. The van der Waals surface area contributed by atoms with Crippen LogP contribution in [0.1, 0.15) is 24.8 Å². The van der Waals surface area contributed by atoms with E-state index in [2.05, 4.69) is 35.6 Å². The standard InChI is InChI=1S/C23H25N5O3/c29-28(30)21-11-9-20(10-12-21)27-23(26-13-15-31-16-14-26)19(7-4-8-22(23)24-25-27)17-18-5-2-1-3-6-18/h1-3,5-6,9-12,17,22H,4,7-8,13-16H2/p+1/b19-17+/t22-,23-/m0/s1. The van der Waals surface area contributed by atoms with Crippen LogP contribution < -0.4 is 9.91 Å². The van der Waals surface area contributed by atoms with Gasteiger partial charge in [-0.1, -0.05) is 35.6 Å². The van der Waals surface area contributed by atoms with E-state index in [4.69, 9.17) is 9.85 Å². The average molecular weight is 420 g/mol. The monoisotopic (exact) mass is 420 g/mol. The van der Waals surface area contributed by atoms with Gasteiger partial charge in [0, 0.05) is 17.7 Å². The van der Waals surface area contributed by atoms with Crippen LogP contribution in [-0.2, 0) is 4.74 Å². The number of rotatable bonds is 4. The Balaban J connectivity index is 1.64. The first kappa shape index (κ1) is 19.8. The molecule has 0 unspecified atom stereocenters. The Bertz CT molecular complexity index is 1000. The van der Waals surface area contributed by atoms with Crippen LogP contribution >= 0.6 is 0 Å². The van der Waals surface area contributed by atoms with Gasteiger partial charge in [-0.15, -0.1) is 0 Å². The molecule has 2 aliphatic heterocycles. The molecule has 3 aliphatic rings. The molecule has 0 spiro atoms. The van der Waals surface area contributed by atoms with Crippen molar-refractivity contribution in [2.24, 2.45) is 10.3 Å². The van der Waals surface area contributed by atoms with Crippen molar-refractivity contribution in [3.63, 3.8) is 0 Å². The van der Waals surface area contributed by atoms with Crippen LogP contribution in [0.15, 0.2) is 70.5 Å². The number of nitro groups is 1. The highest BCUT2D eigenvalue weighted by Gasteiger charge is 2.61. The predicted molar refractivity (Wildman–Crippen MR) is 117 cm³/mol. The van der Waals surface area contributed by atoms with Crippen LogP contribution in [0.3, 0.4) is 0 Å². The molecule has 2 atom stereocenters. The maximum atomic E-state index is 11.2. The summed E-state index contributed by atoms with van der Waals surface area (Å²) in [6.45, 7) is 3.15. The number of nitro benzene ring substituents is 1. The summed E-state index contributed by atoms with van der Waals surface area (Å²) < 4.78 is 5.68. The molecule has 8 nitrogen and oxygen atoms in total. The minimum Gasteiger partial charge on any atom is -0.370 e. The van der Waals surface area contributed by atoms with Crippen LogP contribution in [0.5, 0.6) is 0 Å². The van der Waals surface area contributed by atoms with Crippen molar-refractivity contribution in [1.29, 1.82) is 0 Å². The second kappa shape index (κ2) is 8.20. The quantitative estimate of drug-likeness (QED) is 0.609. The molecule has 8 heteroatoms. The number of nitrogens with zero attached hydrogens (tertiary/aromatic N) is 4. The lowest BCUT2D eigenvalue weighted by atomic mass is 9.77. The van der Waals surface area contributed by atoms with Crippen LogP contribution in [0, 0.1) is 10.1 Å². The summed E-state index contributed by atoms with van der Waals surface area (Å²) in [6, 6.07) is 17.1. The fraction of sp³-hybridized carbons (Fsp3) is 0.391. The fourth-order valence-electron chi connectivity index (χ4n) is 5.22. The number of non-ortho nitro benzene ring substituents is 1. The van der Waals surface area contributed by atoms with Crippen molar-refractivity contribution in [3.8, 4) is 0 Å². The number of benzene rings is 2. The molecule has 2 aromatic rings. The van der Waals surface area contributed by atoms with Crippen molar-refractivity contribution in [2.75, 3.05) is 31.3 Å². The Labute approximate surface area is 180 Å². The number of morpholine rings is 1. The first-order valence-electron chi connectivity index (χ1n) is 10.8. The van der Waals surface area contributed by atoms with Gasteiger partial charge in [0.15, 0.2) is 6.04 Å². The Morgan fingerprint density at radius 2 is 1.87 bits per heavy atom. The number of nitrogens with one attached hydrogen (secondary N) is 1. The van der Waals surface area contributed by atoms with Gasteiger partial charge in [-0.25, -0.2) is 0 Å². The molecule has 0 aromatic heterocycles. The highest BCUT2D eigenvalue weighted by atomic mass is 16.6. The topological polar surface area (TPSA) is 84.8 Å². The van der Waals surface area contributed by atoms with E-state index in [1.807, 2.05) is 11.1 Å². The number of fused-ring (bicyclic) bond motifs is 1. The molecular formula is C23H26N5O3+. The Morgan fingerprint density at radius 1 is 1.13 bits per heavy atom. The first-order valence-corrected chi connectivity index (χ1v) is 10.8. The van der Waals surface area contributed by atoms with E-state index in [1.165, 1.54) is 16.0 Å². The zero-order chi connectivity index (χ0) is 21.3. The Hall–Kier alpha value is -3.10. The number of hydrogen-bond acceptors (Lipinski definition) is 6. The predicted octanol–water partition coefficient (Wildman–Crippen LogP) is 3.03. The van der Waals surface area contributed by atoms with Crippen LogP contribution in [0.4, 0.5) is 11.4 Å². The molecule has 2 aromatic carbocycles. The van der Waals surface area contributed by atoms with E-state index in [1.54, 1.807) is 24.3 Å². The largest absolute Gasteiger partial charge is 0.370 e. The lowest BCUT2D eigenvalue weighted by molar-refractivity contribution is -0.954. The first-order chi connectivity index (χ1) is 15.2. The van der Waals surface area contributed by atoms with Gasteiger partial charge < -0.3 is 9.64 Å². The molecule has 5 rings (SSSR count). The molecule has 1 aliphatic carbocycles. The molecule has 1 saturated carbocycles. The summed E-state index contributed by atoms with van der Waals surface area (Å²) in [4.78, 5) is 12.2. The minimum atomic E-state index is -0.437. The molecule has 1 saturated heterocycles. The number of anilines is 1. The minimum absolute atomic E-state index is 0.0412. The van der Waals surface area contributed by atoms with E-state index < -0.39 is 5.66 Å².